The van der Waals surface area contributed by atoms with Gasteiger partial charge in [-0.25, -0.2) is 4.98 Å². The average molecular weight is 337 g/mol. The largest absolute Gasteiger partial charge is 0.421 e. The molecule has 10 heteroatoms. The second kappa shape index (κ2) is 5.99. The van der Waals surface area contributed by atoms with Crippen LogP contribution in [0.1, 0.15) is 18.2 Å². The maximum Gasteiger partial charge on any atom is 0.421 e. The summed E-state index contributed by atoms with van der Waals surface area (Å²) in [5.41, 5.74) is 0.490. The number of hydrogen-bond acceptors (Lipinski definition) is 6. The minimum Gasteiger partial charge on any atom is -0.370 e. The number of aromatic nitrogens is 4. The average Bonchev–Trinajstić information content (AvgIpc) is 3.08. The first-order valence-corrected chi connectivity index (χ1v) is 7.31. The summed E-state index contributed by atoms with van der Waals surface area (Å²) >= 11 is 0. The van der Waals surface area contributed by atoms with E-state index in [1.165, 1.54) is 0 Å². The number of halogens is 3. The number of rotatable bonds is 4. The van der Waals surface area contributed by atoms with Gasteiger partial charge in [0.05, 0.1) is 36.1 Å². The Balaban J connectivity index is 1.87. The molecule has 0 fully saturated rings. The molecule has 0 aliphatic carbocycles. The standard InChI is InChI=1S/C14H14F3N7/c1-2-19-12-9(14(15,16)17)5-20-13(23-12)22-10-6-21-24-7-8(4-18)3-11(10)24/h5-6,8H,2-3,7H2,1H3,(H2,19,20,22,23)/t8-/m0/s1. The fourth-order valence-corrected chi connectivity index (χ4v) is 2.55. The molecular formula is C14H14F3N7. The van der Waals surface area contributed by atoms with Gasteiger partial charge in [-0.15, -0.1) is 0 Å². The van der Waals surface area contributed by atoms with Gasteiger partial charge in [0, 0.05) is 19.2 Å². The Hall–Kier alpha value is -2.83. The van der Waals surface area contributed by atoms with Crippen LogP contribution in [0.2, 0.25) is 0 Å². The summed E-state index contributed by atoms with van der Waals surface area (Å²) in [6, 6.07) is 2.18. The van der Waals surface area contributed by atoms with Gasteiger partial charge in [0.2, 0.25) is 5.95 Å². The second-order valence-electron chi connectivity index (χ2n) is 5.33. The zero-order valence-electron chi connectivity index (χ0n) is 12.7. The summed E-state index contributed by atoms with van der Waals surface area (Å²) in [6.45, 7) is 2.48. The topological polar surface area (TPSA) is 91.5 Å². The van der Waals surface area contributed by atoms with E-state index >= 15 is 0 Å². The van der Waals surface area contributed by atoms with Gasteiger partial charge in [0.15, 0.2) is 0 Å². The third-order valence-corrected chi connectivity index (χ3v) is 3.65. The van der Waals surface area contributed by atoms with Crippen molar-refractivity contribution >= 4 is 17.5 Å². The number of nitrogens with zero attached hydrogens (tertiary/aromatic N) is 5. The summed E-state index contributed by atoms with van der Waals surface area (Å²) < 4.78 is 40.6. The molecule has 2 aromatic heterocycles. The molecule has 1 atom stereocenters. The van der Waals surface area contributed by atoms with Crippen LogP contribution in [0.15, 0.2) is 12.4 Å². The van der Waals surface area contributed by atoms with Gasteiger partial charge < -0.3 is 10.6 Å². The van der Waals surface area contributed by atoms with Crippen molar-refractivity contribution in [2.45, 2.75) is 26.1 Å². The van der Waals surface area contributed by atoms with Gasteiger partial charge >= 0.3 is 6.18 Å². The monoisotopic (exact) mass is 337 g/mol. The van der Waals surface area contributed by atoms with Crippen LogP contribution in [-0.2, 0) is 19.1 Å². The Morgan fingerprint density at radius 1 is 1.42 bits per heavy atom. The molecular weight excluding hydrogens is 323 g/mol. The van der Waals surface area contributed by atoms with E-state index in [1.54, 1.807) is 17.8 Å². The highest BCUT2D eigenvalue weighted by molar-refractivity contribution is 5.59. The van der Waals surface area contributed by atoms with Crippen LogP contribution in [0, 0.1) is 17.2 Å². The predicted octanol–water partition coefficient (Wildman–Crippen LogP) is 2.56. The molecule has 0 bridgehead atoms. The predicted molar refractivity (Wildman–Crippen MR) is 79.5 cm³/mol. The van der Waals surface area contributed by atoms with E-state index < -0.39 is 11.7 Å². The number of anilines is 3. The molecule has 7 nitrogen and oxygen atoms in total. The third kappa shape index (κ3) is 2.97. The van der Waals surface area contributed by atoms with Crippen molar-refractivity contribution in [2.75, 3.05) is 17.2 Å². The highest BCUT2D eigenvalue weighted by Crippen LogP contribution is 2.34. The molecule has 0 spiro atoms. The van der Waals surface area contributed by atoms with Gasteiger partial charge in [-0.1, -0.05) is 0 Å². The summed E-state index contributed by atoms with van der Waals surface area (Å²) in [7, 11) is 0. The van der Waals surface area contributed by atoms with Crippen LogP contribution >= 0.6 is 0 Å². The van der Waals surface area contributed by atoms with E-state index in [-0.39, 0.29) is 17.7 Å². The number of nitrogens with one attached hydrogen (secondary N) is 2. The van der Waals surface area contributed by atoms with E-state index in [0.717, 1.165) is 11.9 Å². The van der Waals surface area contributed by atoms with Crippen LogP contribution in [0.25, 0.3) is 0 Å². The van der Waals surface area contributed by atoms with Crippen LogP contribution in [-0.4, -0.2) is 26.3 Å². The lowest BCUT2D eigenvalue weighted by molar-refractivity contribution is -0.137. The van der Waals surface area contributed by atoms with Crippen molar-refractivity contribution in [1.82, 2.24) is 19.7 Å². The lowest BCUT2D eigenvalue weighted by Gasteiger charge is -2.13. The fraction of sp³-hybridized carbons (Fsp3) is 0.429. The molecule has 24 heavy (non-hydrogen) atoms. The van der Waals surface area contributed by atoms with E-state index in [9.17, 15) is 13.2 Å². The van der Waals surface area contributed by atoms with Gasteiger partial charge in [0.1, 0.15) is 11.4 Å². The molecule has 0 saturated heterocycles. The van der Waals surface area contributed by atoms with E-state index in [4.69, 9.17) is 5.26 Å². The van der Waals surface area contributed by atoms with E-state index in [2.05, 4.69) is 31.8 Å². The highest BCUT2D eigenvalue weighted by atomic mass is 19.4. The van der Waals surface area contributed by atoms with Crippen molar-refractivity contribution in [3.05, 3.63) is 23.7 Å². The van der Waals surface area contributed by atoms with E-state index in [1.807, 2.05) is 0 Å². The molecule has 3 rings (SSSR count). The van der Waals surface area contributed by atoms with Crippen LogP contribution in [0.4, 0.5) is 30.6 Å². The first-order chi connectivity index (χ1) is 11.4. The maximum absolute atomic E-state index is 13.0. The Kier molecular flexibility index (Phi) is 4.01. The van der Waals surface area contributed by atoms with Crippen LogP contribution < -0.4 is 10.6 Å². The van der Waals surface area contributed by atoms with Crippen molar-refractivity contribution in [1.29, 1.82) is 5.26 Å². The van der Waals surface area contributed by atoms with Gasteiger partial charge in [-0.3, -0.25) is 4.68 Å². The van der Waals surface area contributed by atoms with Gasteiger partial charge in [-0.2, -0.15) is 28.5 Å². The van der Waals surface area contributed by atoms with Crippen molar-refractivity contribution in [3.63, 3.8) is 0 Å². The fourth-order valence-electron chi connectivity index (χ4n) is 2.55. The Labute approximate surface area is 135 Å². The molecule has 0 saturated carbocycles. The second-order valence-corrected chi connectivity index (χ2v) is 5.33. The minimum absolute atomic E-state index is 0.0372. The third-order valence-electron chi connectivity index (χ3n) is 3.65. The smallest absolute Gasteiger partial charge is 0.370 e. The molecule has 126 valence electrons. The number of alkyl halides is 3. The van der Waals surface area contributed by atoms with Crippen molar-refractivity contribution < 1.29 is 13.2 Å². The quantitative estimate of drug-likeness (QED) is 0.891. The number of hydrogen-bond donors (Lipinski definition) is 2. The first-order valence-electron chi connectivity index (χ1n) is 7.31. The first kappa shape index (κ1) is 16.0. The summed E-state index contributed by atoms with van der Waals surface area (Å²) in [4.78, 5) is 7.66. The Morgan fingerprint density at radius 2 is 2.21 bits per heavy atom. The normalized spacial score (nSPS) is 16.5. The molecule has 1 aliphatic rings. The summed E-state index contributed by atoms with van der Waals surface area (Å²) in [5.74, 6) is -0.392. The summed E-state index contributed by atoms with van der Waals surface area (Å²) in [5, 5.41) is 18.6. The molecule has 2 N–H and O–H groups in total. The van der Waals surface area contributed by atoms with Gasteiger partial charge in [0.25, 0.3) is 0 Å². The van der Waals surface area contributed by atoms with Crippen molar-refractivity contribution in [3.8, 4) is 6.07 Å². The maximum atomic E-state index is 13.0. The number of nitriles is 1. The Bertz CT molecular complexity index is 791. The molecule has 0 amide bonds. The lowest BCUT2D eigenvalue weighted by Crippen LogP contribution is -2.14. The zero-order chi connectivity index (χ0) is 17.3. The van der Waals surface area contributed by atoms with Crippen molar-refractivity contribution in [2.24, 2.45) is 5.92 Å². The number of fused-ring (bicyclic) bond motifs is 1. The van der Waals surface area contributed by atoms with Crippen LogP contribution in [0.5, 0.6) is 0 Å². The Morgan fingerprint density at radius 3 is 2.88 bits per heavy atom. The SMILES string of the molecule is CCNc1nc(Nc2cnn3c2C[C@@H](C#N)C3)ncc1C(F)(F)F. The molecule has 2 aromatic rings. The van der Waals surface area contributed by atoms with E-state index in [0.29, 0.717) is 25.2 Å². The molecule has 0 aromatic carbocycles. The minimum atomic E-state index is -4.53. The zero-order valence-corrected chi connectivity index (χ0v) is 12.7. The molecule has 1 aliphatic heterocycles. The molecule has 0 unspecified atom stereocenters. The summed E-state index contributed by atoms with van der Waals surface area (Å²) in [6.07, 6.45) is -1.71. The molecule has 3 heterocycles. The molecule has 0 radical (unpaired) electrons. The van der Waals surface area contributed by atoms with Gasteiger partial charge in [-0.05, 0) is 6.92 Å². The lowest BCUT2D eigenvalue weighted by atomic mass is 10.1. The highest BCUT2D eigenvalue weighted by Gasteiger charge is 2.35. The van der Waals surface area contributed by atoms with Crippen LogP contribution in [0.3, 0.4) is 0 Å².